The fourth-order valence-electron chi connectivity index (χ4n) is 12.0. The van der Waals surface area contributed by atoms with Crippen molar-refractivity contribution >= 4 is 11.9 Å². The number of aliphatic hydroxyl groups is 1. The quantitative estimate of drug-likeness (QED) is 0.263. The van der Waals surface area contributed by atoms with Crippen LogP contribution in [0.1, 0.15) is 139 Å². The molecule has 9 unspecified atom stereocenters. The van der Waals surface area contributed by atoms with Gasteiger partial charge < -0.3 is 14.6 Å². The average molecular weight is 661 g/mol. The van der Waals surface area contributed by atoms with E-state index in [4.69, 9.17) is 9.47 Å². The Labute approximate surface area is 291 Å². The molecule has 48 heavy (non-hydrogen) atoms. The summed E-state index contributed by atoms with van der Waals surface area (Å²) < 4.78 is 12.2. The zero-order valence-electron chi connectivity index (χ0n) is 31.3. The second kappa shape index (κ2) is 13.2. The average Bonchev–Trinajstić information content (AvgIpc) is 3.02. The van der Waals surface area contributed by atoms with Gasteiger partial charge in [-0.15, -0.1) is 0 Å². The lowest BCUT2D eigenvalue weighted by molar-refractivity contribution is -0.189. The lowest BCUT2D eigenvalue weighted by Crippen LogP contribution is -2.56. The van der Waals surface area contributed by atoms with Gasteiger partial charge in [0.1, 0.15) is 12.2 Å². The van der Waals surface area contributed by atoms with Crippen LogP contribution in [0.25, 0.3) is 0 Å². The number of hydrogen-bond donors (Lipinski definition) is 1. The minimum atomic E-state index is -1.07. The first-order valence-electron chi connectivity index (χ1n) is 19.5. The van der Waals surface area contributed by atoms with Crippen LogP contribution in [0.5, 0.6) is 0 Å². The Kier molecular flexibility index (Phi) is 9.81. The molecule has 0 spiro atoms. The van der Waals surface area contributed by atoms with Crippen LogP contribution in [0.4, 0.5) is 0 Å². The second-order valence-electron chi connectivity index (χ2n) is 18.3. The van der Waals surface area contributed by atoms with Crippen molar-refractivity contribution in [3.05, 3.63) is 46.6 Å². The molecule has 0 amide bonds. The molecule has 6 aliphatic rings. The van der Waals surface area contributed by atoms with Crippen LogP contribution in [-0.4, -0.2) is 35.4 Å². The SMILES string of the molecule is CC(C)C1=CCC2C(=C1)CCC1C(C)(OC(=O)CC(O)COC(=O)C3(C)CCCC4(C)C5CC=C(C(C)C)C=C5CCC34)CCCC21C. The summed E-state index contributed by atoms with van der Waals surface area (Å²) >= 11 is 0. The molecule has 5 heteroatoms. The van der Waals surface area contributed by atoms with Crippen molar-refractivity contribution in [2.45, 2.75) is 151 Å². The van der Waals surface area contributed by atoms with E-state index >= 15 is 0 Å². The van der Waals surface area contributed by atoms with Gasteiger partial charge in [0.25, 0.3) is 0 Å². The molecule has 0 aliphatic heterocycles. The molecule has 0 aromatic rings. The summed E-state index contributed by atoms with van der Waals surface area (Å²) in [6.07, 6.45) is 20.8. The number of hydrogen-bond acceptors (Lipinski definition) is 5. The maximum atomic E-state index is 13.9. The van der Waals surface area contributed by atoms with Crippen LogP contribution < -0.4 is 0 Å². The lowest BCUT2D eigenvalue weighted by atomic mass is 9.46. The second-order valence-corrected chi connectivity index (χ2v) is 18.3. The van der Waals surface area contributed by atoms with Crippen molar-refractivity contribution in [1.82, 2.24) is 0 Å². The Morgan fingerprint density at radius 1 is 0.792 bits per heavy atom. The Bertz CT molecular complexity index is 1400. The van der Waals surface area contributed by atoms with E-state index in [0.29, 0.717) is 23.7 Å². The fraction of sp³-hybridized carbons (Fsp3) is 0.767. The van der Waals surface area contributed by atoms with Crippen LogP contribution in [0.3, 0.4) is 0 Å². The zero-order valence-corrected chi connectivity index (χ0v) is 31.3. The van der Waals surface area contributed by atoms with Gasteiger partial charge in [-0.1, -0.05) is 83.4 Å². The van der Waals surface area contributed by atoms with Crippen molar-refractivity contribution in [2.75, 3.05) is 6.61 Å². The number of carbonyl (C=O) groups is 2. The maximum Gasteiger partial charge on any atom is 0.312 e. The highest BCUT2D eigenvalue weighted by molar-refractivity contribution is 5.77. The van der Waals surface area contributed by atoms with Crippen molar-refractivity contribution in [3.8, 4) is 0 Å². The van der Waals surface area contributed by atoms with E-state index < -0.39 is 17.1 Å². The molecule has 5 nitrogen and oxygen atoms in total. The molecule has 266 valence electrons. The number of esters is 2. The monoisotopic (exact) mass is 660 g/mol. The van der Waals surface area contributed by atoms with Crippen LogP contribution in [0, 0.1) is 51.8 Å². The predicted molar refractivity (Wildman–Crippen MR) is 192 cm³/mol. The number of fused-ring (bicyclic) bond motifs is 6. The van der Waals surface area contributed by atoms with Crippen molar-refractivity contribution < 1.29 is 24.2 Å². The summed E-state index contributed by atoms with van der Waals surface area (Å²) in [5.74, 6) is 2.00. The largest absolute Gasteiger partial charge is 0.462 e. The van der Waals surface area contributed by atoms with Gasteiger partial charge in [-0.3, -0.25) is 9.59 Å². The van der Waals surface area contributed by atoms with Gasteiger partial charge in [-0.25, -0.2) is 0 Å². The molecular weight excluding hydrogens is 596 g/mol. The molecule has 6 rings (SSSR count). The third-order valence-electron chi connectivity index (χ3n) is 14.7. The summed E-state index contributed by atoms with van der Waals surface area (Å²) in [4.78, 5) is 27.2. The molecule has 0 bridgehead atoms. The van der Waals surface area contributed by atoms with Crippen LogP contribution in [0.2, 0.25) is 0 Å². The van der Waals surface area contributed by atoms with E-state index in [1.165, 1.54) is 11.1 Å². The van der Waals surface area contributed by atoms with Gasteiger partial charge >= 0.3 is 11.9 Å². The minimum absolute atomic E-state index is 0.0573. The molecule has 0 radical (unpaired) electrons. The number of allylic oxidation sites excluding steroid dienone is 8. The number of aliphatic hydroxyl groups excluding tert-OH is 1. The lowest BCUT2D eigenvalue weighted by Gasteiger charge is -2.58. The first-order valence-corrected chi connectivity index (χ1v) is 19.5. The van der Waals surface area contributed by atoms with E-state index in [1.807, 2.05) is 0 Å². The van der Waals surface area contributed by atoms with E-state index in [2.05, 4.69) is 79.7 Å². The fourth-order valence-corrected chi connectivity index (χ4v) is 12.0. The molecule has 9 atom stereocenters. The van der Waals surface area contributed by atoms with Gasteiger partial charge in [0.05, 0.1) is 17.9 Å². The highest BCUT2D eigenvalue weighted by Gasteiger charge is 2.59. The maximum absolute atomic E-state index is 13.9. The van der Waals surface area contributed by atoms with Gasteiger partial charge in [-0.2, -0.15) is 0 Å². The third kappa shape index (κ3) is 6.21. The van der Waals surface area contributed by atoms with Crippen molar-refractivity contribution in [1.29, 1.82) is 0 Å². The summed E-state index contributed by atoms with van der Waals surface area (Å²) in [7, 11) is 0. The minimum Gasteiger partial charge on any atom is -0.462 e. The van der Waals surface area contributed by atoms with Crippen LogP contribution in [-0.2, 0) is 19.1 Å². The summed E-state index contributed by atoms with van der Waals surface area (Å²) in [6, 6.07) is 0. The van der Waals surface area contributed by atoms with Gasteiger partial charge in [0.2, 0.25) is 0 Å². The molecule has 1 N–H and O–H groups in total. The zero-order chi connectivity index (χ0) is 34.6. The summed E-state index contributed by atoms with van der Waals surface area (Å²) in [5, 5.41) is 11.0. The summed E-state index contributed by atoms with van der Waals surface area (Å²) in [5.41, 5.74) is 5.08. The molecule has 0 saturated heterocycles. The highest BCUT2D eigenvalue weighted by Crippen LogP contribution is 2.64. The van der Waals surface area contributed by atoms with E-state index in [-0.39, 0.29) is 47.6 Å². The predicted octanol–water partition coefficient (Wildman–Crippen LogP) is 9.85. The highest BCUT2D eigenvalue weighted by atomic mass is 16.6. The van der Waals surface area contributed by atoms with Crippen molar-refractivity contribution in [3.63, 3.8) is 0 Å². The standard InChI is InChI=1S/C43H64O5/c1-27(2)29-11-15-34-31(23-29)13-17-36-40(34,5)19-9-21-42(36,7)39(46)47-26-33(44)25-38(45)48-43(8)22-10-20-41(6)35-16-12-30(28(3)4)24-32(35)14-18-37(41)43/h11-12,23-24,27-28,33-37,44H,9-10,13-22,25-26H2,1-8H3. The van der Waals surface area contributed by atoms with Crippen molar-refractivity contribution in [2.24, 2.45) is 51.8 Å². The summed E-state index contributed by atoms with van der Waals surface area (Å²) in [6.45, 7) is 18.0. The van der Waals surface area contributed by atoms with E-state index in [0.717, 1.165) is 77.0 Å². The normalized spacial score (nSPS) is 39.8. The smallest absolute Gasteiger partial charge is 0.312 e. The molecule has 4 saturated carbocycles. The third-order valence-corrected chi connectivity index (χ3v) is 14.7. The molecule has 4 fully saturated rings. The number of carbonyl (C=O) groups excluding carboxylic acids is 2. The molecule has 0 heterocycles. The Hall–Kier alpha value is -2.14. The van der Waals surface area contributed by atoms with Gasteiger partial charge in [0.15, 0.2) is 0 Å². The molecule has 0 aromatic carbocycles. The first kappa shape index (κ1) is 35.7. The number of ether oxygens (including phenoxy) is 2. The van der Waals surface area contributed by atoms with E-state index in [9.17, 15) is 14.7 Å². The van der Waals surface area contributed by atoms with E-state index in [1.54, 1.807) is 11.1 Å². The Morgan fingerprint density at radius 3 is 1.88 bits per heavy atom. The number of rotatable bonds is 8. The molecular formula is C43H64O5. The Balaban J connectivity index is 1.05. The molecule has 0 aromatic heterocycles. The Morgan fingerprint density at radius 2 is 1.31 bits per heavy atom. The van der Waals surface area contributed by atoms with Gasteiger partial charge in [-0.05, 0) is 136 Å². The van der Waals surface area contributed by atoms with Gasteiger partial charge in [0, 0.05) is 5.92 Å². The van der Waals surface area contributed by atoms with Crippen LogP contribution in [0.15, 0.2) is 46.6 Å². The topological polar surface area (TPSA) is 72.8 Å². The van der Waals surface area contributed by atoms with Crippen LogP contribution >= 0.6 is 0 Å². The molecule has 6 aliphatic carbocycles. The first-order chi connectivity index (χ1) is 22.6.